The molecule has 1 aliphatic rings. The molecule has 1 fully saturated rings. The highest BCUT2D eigenvalue weighted by atomic mass is 16.6. The molecule has 2 rings (SSSR count). The highest BCUT2D eigenvalue weighted by Gasteiger charge is 2.24. The van der Waals surface area contributed by atoms with Gasteiger partial charge in [-0.2, -0.15) is 0 Å². The van der Waals surface area contributed by atoms with Crippen molar-refractivity contribution in [2.75, 3.05) is 13.7 Å². The number of aliphatic hydroxyl groups is 1. The van der Waals surface area contributed by atoms with E-state index in [-0.39, 0.29) is 17.7 Å². The van der Waals surface area contributed by atoms with E-state index in [0.29, 0.717) is 12.3 Å². The van der Waals surface area contributed by atoms with Crippen molar-refractivity contribution in [1.29, 1.82) is 0 Å². The van der Waals surface area contributed by atoms with E-state index < -0.39 is 4.92 Å². The van der Waals surface area contributed by atoms with Gasteiger partial charge in [-0.25, -0.2) is 0 Å². The lowest BCUT2D eigenvalue weighted by molar-refractivity contribution is -0.385. The number of nitro benzene ring substituents is 1. The van der Waals surface area contributed by atoms with Gasteiger partial charge in [0.05, 0.1) is 24.2 Å². The van der Waals surface area contributed by atoms with Crippen molar-refractivity contribution in [2.24, 2.45) is 5.92 Å². The molecule has 0 bridgehead atoms. The second kappa shape index (κ2) is 6.67. The molecular weight excluding hydrogens is 260 g/mol. The summed E-state index contributed by atoms with van der Waals surface area (Å²) in [6, 6.07) is 4.73. The minimum Gasteiger partial charge on any atom is -0.496 e. The first-order valence-corrected chi connectivity index (χ1v) is 6.81. The topological polar surface area (TPSA) is 84.6 Å². The molecular formula is C14H20N2O4. The van der Waals surface area contributed by atoms with E-state index in [1.54, 1.807) is 12.1 Å². The van der Waals surface area contributed by atoms with Crippen LogP contribution in [0, 0.1) is 16.0 Å². The van der Waals surface area contributed by atoms with Crippen molar-refractivity contribution in [2.45, 2.75) is 31.9 Å². The second-order valence-corrected chi connectivity index (χ2v) is 5.19. The molecule has 1 aromatic carbocycles. The Kier molecular flexibility index (Phi) is 4.92. The minimum atomic E-state index is -0.424. The fraction of sp³-hybridized carbons (Fsp3) is 0.571. The Balaban J connectivity index is 1.94. The Morgan fingerprint density at radius 2 is 2.25 bits per heavy atom. The first-order chi connectivity index (χ1) is 9.60. The summed E-state index contributed by atoms with van der Waals surface area (Å²) < 4.78 is 5.07. The highest BCUT2D eigenvalue weighted by Crippen LogP contribution is 2.25. The van der Waals surface area contributed by atoms with Crippen LogP contribution < -0.4 is 10.1 Å². The molecule has 1 aromatic rings. The van der Waals surface area contributed by atoms with Crippen molar-refractivity contribution in [1.82, 2.24) is 5.32 Å². The van der Waals surface area contributed by atoms with Crippen LogP contribution in [-0.4, -0.2) is 29.8 Å². The van der Waals surface area contributed by atoms with Gasteiger partial charge in [0, 0.05) is 19.2 Å². The quantitative estimate of drug-likeness (QED) is 0.613. The van der Waals surface area contributed by atoms with Crippen LogP contribution in [0.15, 0.2) is 18.2 Å². The summed E-state index contributed by atoms with van der Waals surface area (Å²) in [4.78, 5) is 10.4. The molecule has 0 aromatic heterocycles. The number of methoxy groups -OCH3 is 1. The van der Waals surface area contributed by atoms with Gasteiger partial charge < -0.3 is 15.2 Å². The molecule has 0 spiro atoms. The third kappa shape index (κ3) is 3.68. The van der Waals surface area contributed by atoms with E-state index in [1.807, 2.05) is 0 Å². The number of ether oxygens (including phenoxy) is 1. The second-order valence-electron chi connectivity index (χ2n) is 5.19. The Labute approximate surface area is 117 Å². The molecule has 20 heavy (non-hydrogen) atoms. The van der Waals surface area contributed by atoms with E-state index in [0.717, 1.165) is 31.4 Å². The van der Waals surface area contributed by atoms with Crippen LogP contribution in [0.3, 0.4) is 0 Å². The summed E-state index contributed by atoms with van der Waals surface area (Å²) in [6.07, 6.45) is 2.75. The Morgan fingerprint density at radius 3 is 2.85 bits per heavy atom. The first kappa shape index (κ1) is 14.7. The van der Waals surface area contributed by atoms with E-state index in [2.05, 4.69) is 5.32 Å². The van der Waals surface area contributed by atoms with Crippen molar-refractivity contribution < 1.29 is 14.8 Å². The Bertz CT molecular complexity index is 478. The fourth-order valence-electron chi connectivity index (χ4n) is 2.63. The molecule has 0 amide bonds. The maximum absolute atomic E-state index is 10.8. The average molecular weight is 280 g/mol. The number of aliphatic hydroxyl groups excluding tert-OH is 1. The number of nitrogens with one attached hydrogen (secondary N) is 1. The molecule has 0 saturated heterocycles. The maximum Gasteiger partial charge on any atom is 0.273 e. The molecule has 0 radical (unpaired) electrons. The lowest BCUT2D eigenvalue weighted by Crippen LogP contribution is -2.27. The van der Waals surface area contributed by atoms with Crippen molar-refractivity contribution in [3.05, 3.63) is 33.9 Å². The van der Waals surface area contributed by atoms with Crippen LogP contribution in [0.1, 0.15) is 24.8 Å². The monoisotopic (exact) mass is 280 g/mol. The zero-order valence-corrected chi connectivity index (χ0v) is 11.5. The summed E-state index contributed by atoms with van der Waals surface area (Å²) in [5.41, 5.74) is 0.839. The Hall–Kier alpha value is -1.66. The third-order valence-electron chi connectivity index (χ3n) is 3.75. The van der Waals surface area contributed by atoms with Gasteiger partial charge in [-0.3, -0.25) is 10.1 Å². The van der Waals surface area contributed by atoms with Gasteiger partial charge in [0.2, 0.25) is 0 Å². The van der Waals surface area contributed by atoms with Gasteiger partial charge >= 0.3 is 0 Å². The smallest absolute Gasteiger partial charge is 0.273 e. The number of nitrogens with zero attached hydrogens (tertiary/aromatic N) is 1. The van der Waals surface area contributed by atoms with Crippen LogP contribution in [0.5, 0.6) is 5.75 Å². The Morgan fingerprint density at radius 1 is 1.45 bits per heavy atom. The number of non-ortho nitro benzene ring substituents is 1. The summed E-state index contributed by atoms with van der Waals surface area (Å²) in [6.45, 7) is 1.26. The van der Waals surface area contributed by atoms with E-state index in [9.17, 15) is 15.2 Å². The first-order valence-electron chi connectivity index (χ1n) is 6.81. The maximum atomic E-state index is 10.8. The molecule has 2 atom stereocenters. The van der Waals surface area contributed by atoms with Gasteiger partial charge in [0.25, 0.3) is 5.69 Å². The molecule has 110 valence electrons. The summed E-state index contributed by atoms with van der Waals surface area (Å²) >= 11 is 0. The number of rotatable bonds is 6. The zero-order chi connectivity index (χ0) is 14.5. The summed E-state index contributed by atoms with van der Waals surface area (Å²) in [7, 11) is 1.49. The van der Waals surface area contributed by atoms with Crippen molar-refractivity contribution in [3.8, 4) is 5.75 Å². The number of benzene rings is 1. The van der Waals surface area contributed by atoms with Gasteiger partial charge in [-0.1, -0.05) is 6.42 Å². The van der Waals surface area contributed by atoms with Crippen LogP contribution in [0.25, 0.3) is 0 Å². The van der Waals surface area contributed by atoms with E-state index >= 15 is 0 Å². The largest absolute Gasteiger partial charge is 0.496 e. The molecule has 6 nitrogen and oxygen atoms in total. The molecule has 6 heteroatoms. The standard InChI is InChI=1S/C14H20N2O4/c1-20-13-6-10(5-12(7-13)16(18)19)8-15-9-11-3-2-4-14(11)17/h5-7,11,14-15,17H,2-4,8-9H2,1H3. The van der Waals surface area contributed by atoms with Crippen LogP contribution in [-0.2, 0) is 6.54 Å². The van der Waals surface area contributed by atoms with Gasteiger partial charge in [-0.15, -0.1) is 0 Å². The third-order valence-corrected chi connectivity index (χ3v) is 3.75. The fourth-order valence-corrected chi connectivity index (χ4v) is 2.63. The van der Waals surface area contributed by atoms with Crippen LogP contribution in [0.2, 0.25) is 0 Å². The molecule has 1 saturated carbocycles. The number of nitro groups is 1. The van der Waals surface area contributed by atoms with E-state index in [4.69, 9.17) is 4.74 Å². The van der Waals surface area contributed by atoms with Gasteiger partial charge in [0.1, 0.15) is 5.75 Å². The highest BCUT2D eigenvalue weighted by molar-refractivity contribution is 5.42. The lowest BCUT2D eigenvalue weighted by atomic mass is 10.1. The van der Waals surface area contributed by atoms with Crippen molar-refractivity contribution >= 4 is 5.69 Å². The molecule has 0 aliphatic heterocycles. The molecule has 1 aliphatic carbocycles. The summed E-state index contributed by atoms with van der Waals surface area (Å²) in [5.74, 6) is 0.771. The molecule has 0 heterocycles. The zero-order valence-electron chi connectivity index (χ0n) is 11.5. The normalized spacial score (nSPS) is 21.9. The predicted octanol–water partition coefficient (Wildman–Crippen LogP) is 1.85. The minimum absolute atomic E-state index is 0.0297. The summed E-state index contributed by atoms with van der Waals surface area (Å²) in [5, 5.41) is 23.8. The van der Waals surface area contributed by atoms with Crippen molar-refractivity contribution in [3.63, 3.8) is 0 Å². The van der Waals surface area contributed by atoms with Crippen LogP contribution in [0.4, 0.5) is 5.69 Å². The number of hydrogen-bond acceptors (Lipinski definition) is 5. The van der Waals surface area contributed by atoms with Gasteiger partial charge in [-0.05, 0) is 30.4 Å². The predicted molar refractivity (Wildman–Crippen MR) is 74.7 cm³/mol. The number of hydrogen-bond donors (Lipinski definition) is 2. The van der Waals surface area contributed by atoms with Crippen LogP contribution >= 0.6 is 0 Å². The van der Waals surface area contributed by atoms with Gasteiger partial charge in [0.15, 0.2) is 0 Å². The average Bonchev–Trinajstić information content (AvgIpc) is 2.84. The SMILES string of the molecule is COc1cc(CNCC2CCCC2O)cc([N+](=O)[O-])c1. The molecule has 2 N–H and O–H groups in total. The molecule has 2 unspecified atom stereocenters. The van der Waals surface area contributed by atoms with E-state index in [1.165, 1.54) is 13.2 Å². The lowest BCUT2D eigenvalue weighted by Gasteiger charge is -2.15.